The van der Waals surface area contributed by atoms with Crippen molar-refractivity contribution in [1.29, 1.82) is 0 Å². The molecule has 7 heteroatoms. The van der Waals surface area contributed by atoms with Crippen molar-refractivity contribution in [2.75, 3.05) is 26.8 Å². The lowest BCUT2D eigenvalue weighted by Crippen LogP contribution is -2.38. The number of aromatic nitrogens is 2. The number of amides is 1. The maximum atomic E-state index is 12.3. The lowest BCUT2D eigenvalue weighted by Gasteiger charge is -2.26. The number of nitrogens with zero attached hydrogens (tertiary/aromatic N) is 3. The van der Waals surface area contributed by atoms with Gasteiger partial charge < -0.3 is 18.9 Å². The van der Waals surface area contributed by atoms with E-state index in [0.29, 0.717) is 17.5 Å². The molecule has 4 rings (SSSR count). The van der Waals surface area contributed by atoms with Crippen LogP contribution in [0.1, 0.15) is 19.3 Å². The average molecular weight is 393 g/mol. The summed E-state index contributed by atoms with van der Waals surface area (Å²) in [5, 5.41) is 4.07. The molecular formula is C22H23N3O4. The van der Waals surface area contributed by atoms with E-state index >= 15 is 0 Å². The molecule has 0 N–H and O–H groups in total. The van der Waals surface area contributed by atoms with E-state index in [1.807, 2.05) is 53.4 Å². The first-order valence-corrected chi connectivity index (χ1v) is 9.72. The van der Waals surface area contributed by atoms with E-state index in [-0.39, 0.29) is 12.5 Å². The van der Waals surface area contributed by atoms with Gasteiger partial charge in [-0.3, -0.25) is 4.79 Å². The van der Waals surface area contributed by atoms with Crippen molar-refractivity contribution < 1.29 is 18.8 Å². The first kappa shape index (κ1) is 19.0. The zero-order valence-corrected chi connectivity index (χ0v) is 16.3. The van der Waals surface area contributed by atoms with Crippen molar-refractivity contribution in [2.24, 2.45) is 0 Å². The van der Waals surface area contributed by atoms with E-state index in [0.717, 1.165) is 42.8 Å². The second kappa shape index (κ2) is 8.77. The number of hydrogen-bond donors (Lipinski definition) is 0. The molecule has 3 aromatic rings. The smallest absolute Gasteiger partial charge is 0.260 e. The molecule has 0 aliphatic carbocycles. The third-order valence-corrected chi connectivity index (χ3v) is 4.91. The summed E-state index contributed by atoms with van der Waals surface area (Å²) in [6.07, 6.45) is 3.32. The highest BCUT2D eigenvalue weighted by Crippen LogP contribution is 2.26. The molecule has 0 atom stereocenters. The Bertz CT molecular complexity index is 979. The Labute approximate surface area is 169 Å². The molecule has 1 saturated heterocycles. The van der Waals surface area contributed by atoms with Crippen LogP contribution in [0.4, 0.5) is 0 Å². The van der Waals surface area contributed by atoms with Crippen LogP contribution in [0, 0.1) is 0 Å². The Kier molecular flexibility index (Phi) is 5.74. The van der Waals surface area contributed by atoms with Crippen molar-refractivity contribution >= 4 is 5.91 Å². The Morgan fingerprint density at radius 1 is 1.03 bits per heavy atom. The highest BCUT2D eigenvalue weighted by molar-refractivity contribution is 5.78. The minimum Gasteiger partial charge on any atom is -0.497 e. The highest BCUT2D eigenvalue weighted by atomic mass is 16.5. The standard InChI is InChI=1S/C22H23N3O4/c1-27-18-9-6-8-17(14-18)22-23-21(24-29-22)16-7-5-10-19(13-16)28-15-20(26)25-11-3-2-4-12-25/h5-10,13-14H,2-4,11-12,15H2,1H3. The van der Waals surface area contributed by atoms with Gasteiger partial charge in [0, 0.05) is 24.2 Å². The molecule has 0 bridgehead atoms. The van der Waals surface area contributed by atoms with Crippen LogP contribution in [0.15, 0.2) is 53.1 Å². The summed E-state index contributed by atoms with van der Waals surface area (Å²) in [5.41, 5.74) is 1.54. The van der Waals surface area contributed by atoms with Gasteiger partial charge in [-0.05, 0) is 49.6 Å². The molecule has 29 heavy (non-hydrogen) atoms. The summed E-state index contributed by atoms with van der Waals surface area (Å²) in [6, 6.07) is 14.8. The fourth-order valence-electron chi connectivity index (χ4n) is 3.32. The van der Waals surface area contributed by atoms with Gasteiger partial charge in [0.05, 0.1) is 7.11 Å². The fraction of sp³-hybridized carbons (Fsp3) is 0.318. The number of piperidine rings is 1. The van der Waals surface area contributed by atoms with E-state index in [1.165, 1.54) is 6.42 Å². The Balaban J connectivity index is 1.44. The first-order valence-electron chi connectivity index (χ1n) is 9.72. The van der Waals surface area contributed by atoms with Crippen LogP contribution in [0.3, 0.4) is 0 Å². The van der Waals surface area contributed by atoms with Crippen LogP contribution in [-0.4, -0.2) is 47.8 Å². The first-order chi connectivity index (χ1) is 14.2. The van der Waals surface area contributed by atoms with Gasteiger partial charge in [0.1, 0.15) is 11.5 Å². The zero-order chi connectivity index (χ0) is 20.1. The highest BCUT2D eigenvalue weighted by Gasteiger charge is 2.17. The summed E-state index contributed by atoms with van der Waals surface area (Å²) in [4.78, 5) is 18.6. The van der Waals surface area contributed by atoms with Crippen LogP contribution in [-0.2, 0) is 4.79 Å². The number of rotatable bonds is 6. The monoisotopic (exact) mass is 393 g/mol. The summed E-state index contributed by atoms with van der Waals surface area (Å²) < 4.78 is 16.4. The normalized spacial score (nSPS) is 13.9. The van der Waals surface area contributed by atoms with Gasteiger partial charge in [-0.2, -0.15) is 4.98 Å². The lowest BCUT2D eigenvalue weighted by atomic mass is 10.1. The number of methoxy groups -OCH3 is 1. The fourth-order valence-corrected chi connectivity index (χ4v) is 3.32. The van der Waals surface area contributed by atoms with Gasteiger partial charge >= 0.3 is 0 Å². The minimum absolute atomic E-state index is 0.0231. The molecule has 2 aromatic carbocycles. The maximum Gasteiger partial charge on any atom is 0.260 e. The van der Waals surface area contributed by atoms with E-state index < -0.39 is 0 Å². The SMILES string of the molecule is COc1cccc(-c2nc(-c3cccc(OCC(=O)N4CCCCC4)c3)no2)c1. The van der Waals surface area contributed by atoms with E-state index in [9.17, 15) is 4.79 Å². The van der Waals surface area contributed by atoms with Gasteiger partial charge in [-0.25, -0.2) is 0 Å². The predicted molar refractivity (Wildman–Crippen MR) is 108 cm³/mol. The van der Waals surface area contributed by atoms with Crippen LogP contribution in [0.25, 0.3) is 22.8 Å². The van der Waals surface area contributed by atoms with Crippen molar-refractivity contribution in [3.63, 3.8) is 0 Å². The van der Waals surface area contributed by atoms with Crippen LogP contribution < -0.4 is 9.47 Å². The van der Waals surface area contributed by atoms with E-state index in [1.54, 1.807) is 7.11 Å². The average Bonchev–Trinajstić information content (AvgIpc) is 3.29. The van der Waals surface area contributed by atoms with Crippen LogP contribution in [0.5, 0.6) is 11.5 Å². The summed E-state index contributed by atoms with van der Waals surface area (Å²) in [6.45, 7) is 1.67. The van der Waals surface area contributed by atoms with Crippen LogP contribution in [0.2, 0.25) is 0 Å². The van der Waals surface area contributed by atoms with Gasteiger partial charge in [0.2, 0.25) is 5.82 Å². The zero-order valence-electron chi connectivity index (χ0n) is 16.3. The molecule has 2 heterocycles. The molecule has 1 aromatic heterocycles. The number of ether oxygens (including phenoxy) is 2. The van der Waals surface area contributed by atoms with Gasteiger partial charge in [0.15, 0.2) is 6.61 Å². The molecule has 1 aliphatic heterocycles. The lowest BCUT2D eigenvalue weighted by molar-refractivity contribution is -0.134. The second-order valence-electron chi connectivity index (χ2n) is 6.91. The number of carbonyl (C=O) groups excluding carboxylic acids is 1. The molecule has 0 radical (unpaired) electrons. The maximum absolute atomic E-state index is 12.3. The number of benzene rings is 2. The number of likely N-dealkylation sites (tertiary alicyclic amines) is 1. The minimum atomic E-state index is 0.0231. The van der Waals surface area contributed by atoms with E-state index in [2.05, 4.69) is 10.1 Å². The predicted octanol–water partition coefficient (Wildman–Crippen LogP) is 3.80. The Morgan fingerprint density at radius 3 is 2.55 bits per heavy atom. The molecule has 1 amide bonds. The summed E-state index contributed by atoms with van der Waals surface area (Å²) in [5.74, 6) is 2.20. The third kappa shape index (κ3) is 4.56. The molecule has 0 saturated carbocycles. The quantitative estimate of drug-likeness (QED) is 0.634. The molecule has 150 valence electrons. The number of carbonyl (C=O) groups is 1. The Morgan fingerprint density at radius 2 is 1.76 bits per heavy atom. The van der Waals surface area contributed by atoms with Crippen molar-refractivity contribution in [3.8, 4) is 34.3 Å². The summed E-state index contributed by atoms with van der Waals surface area (Å²) in [7, 11) is 1.61. The topological polar surface area (TPSA) is 77.7 Å². The molecule has 7 nitrogen and oxygen atoms in total. The molecule has 1 fully saturated rings. The molecule has 1 aliphatic rings. The molecule has 0 unspecified atom stereocenters. The van der Waals surface area contributed by atoms with Crippen molar-refractivity contribution in [2.45, 2.75) is 19.3 Å². The van der Waals surface area contributed by atoms with Crippen LogP contribution >= 0.6 is 0 Å². The largest absolute Gasteiger partial charge is 0.497 e. The molecule has 0 spiro atoms. The molecular weight excluding hydrogens is 370 g/mol. The van der Waals surface area contributed by atoms with Crippen molar-refractivity contribution in [3.05, 3.63) is 48.5 Å². The second-order valence-corrected chi connectivity index (χ2v) is 6.91. The van der Waals surface area contributed by atoms with Crippen molar-refractivity contribution in [1.82, 2.24) is 15.0 Å². The van der Waals surface area contributed by atoms with Gasteiger partial charge in [0.25, 0.3) is 11.8 Å². The van der Waals surface area contributed by atoms with E-state index in [4.69, 9.17) is 14.0 Å². The van der Waals surface area contributed by atoms with Gasteiger partial charge in [-0.1, -0.05) is 23.4 Å². The van der Waals surface area contributed by atoms with Gasteiger partial charge in [-0.15, -0.1) is 0 Å². The summed E-state index contributed by atoms with van der Waals surface area (Å²) >= 11 is 0. The Hall–Kier alpha value is -3.35. The number of hydrogen-bond acceptors (Lipinski definition) is 6. The third-order valence-electron chi connectivity index (χ3n) is 4.91.